The highest BCUT2D eigenvalue weighted by Crippen LogP contribution is 2.31. The van der Waals surface area contributed by atoms with Gasteiger partial charge in [-0.15, -0.1) is 0 Å². The number of para-hydroxylation sites is 2. The van der Waals surface area contributed by atoms with E-state index in [0.29, 0.717) is 39.0 Å². The van der Waals surface area contributed by atoms with Gasteiger partial charge >= 0.3 is 0 Å². The summed E-state index contributed by atoms with van der Waals surface area (Å²) in [6.45, 7) is 2.02. The molecule has 9 aromatic rings. The highest BCUT2D eigenvalue weighted by atomic mass is 35.5. The molecule has 6 nitrogen and oxygen atoms in total. The van der Waals surface area contributed by atoms with E-state index in [1.807, 2.05) is 244 Å². The summed E-state index contributed by atoms with van der Waals surface area (Å²) >= 11 is 6.17. The Morgan fingerprint density at radius 1 is 0.324 bits per heavy atom. The fourth-order valence-corrected chi connectivity index (χ4v) is 7.20. The third-order valence-electron chi connectivity index (χ3n) is 10.5. The molecule has 3 atom stereocenters. The summed E-state index contributed by atoms with van der Waals surface area (Å²) in [4.78, 5) is 38.6. The second kappa shape index (κ2) is 24.8. The number of aryl methyl sites for hydroxylation is 1. The van der Waals surface area contributed by atoms with Crippen LogP contribution in [0.15, 0.2) is 261 Å². The quantitative estimate of drug-likeness (QED) is 0.0954. The van der Waals surface area contributed by atoms with E-state index in [4.69, 9.17) is 25.8 Å². The lowest BCUT2D eigenvalue weighted by atomic mass is 10.00. The number of ether oxygens (including phenoxy) is 3. The van der Waals surface area contributed by atoms with Crippen LogP contribution in [0.5, 0.6) is 17.2 Å². The van der Waals surface area contributed by atoms with Crippen LogP contribution >= 0.6 is 11.6 Å². The van der Waals surface area contributed by atoms with E-state index < -0.39 is 18.3 Å². The van der Waals surface area contributed by atoms with Crippen molar-refractivity contribution < 1.29 is 28.6 Å². The van der Waals surface area contributed by atoms with Crippen molar-refractivity contribution in [1.29, 1.82) is 0 Å². The second-order valence-electron chi connectivity index (χ2n) is 15.5. The van der Waals surface area contributed by atoms with Gasteiger partial charge in [0, 0.05) is 33.4 Å². The Bertz CT molecular complexity index is 2920. The molecule has 0 heterocycles. The molecule has 3 unspecified atom stereocenters. The Kier molecular flexibility index (Phi) is 17.4. The first-order valence-electron chi connectivity index (χ1n) is 22.1. The molecule has 0 spiro atoms. The van der Waals surface area contributed by atoms with E-state index in [1.165, 1.54) is 0 Å². The molecule has 0 aromatic heterocycles. The molecule has 0 bridgehead atoms. The molecule has 0 amide bonds. The van der Waals surface area contributed by atoms with Crippen molar-refractivity contribution in [3.63, 3.8) is 0 Å². The van der Waals surface area contributed by atoms with Gasteiger partial charge in [-0.05, 0) is 43.3 Å². The number of carbonyl (C=O) groups is 3. The van der Waals surface area contributed by atoms with Crippen LogP contribution in [0.1, 0.15) is 71.6 Å². The average molecular weight is 914 g/mol. The first kappa shape index (κ1) is 47.6. The minimum atomic E-state index is -0.738. The highest BCUT2D eigenvalue weighted by Gasteiger charge is 2.26. The fourth-order valence-electron chi connectivity index (χ4n) is 7.02. The Morgan fingerprint density at radius 2 is 0.603 bits per heavy atom. The van der Waals surface area contributed by atoms with E-state index in [0.717, 1.165) is 22.3 Å². The van der Waals surface area contributed by atoms with E-state index in [-0.39, 0.29) is 17.3 Å². The van der Waals surface area contributed by atoms with Crippen molar-refractivity contribution in [3.8, 4) is 17.2 Å². The molecule has 0 radical (unpaired) electrons. The molecule has 9 aromatic carbocycles. The lowest BCUT2D eigenvalue weighted by Gasteiger charge is -2.19. The zero-order chi connectivity index (χ0) is 47.3. The van der Waals surface area contributed by atoms with E-state index in [1.54, 1.807) is 24.3 Å². The maximum absolute atomic E-state index is 12.9. The number of hydrogen-bond acceptors (Lipinski definition) is 6. The summed E-state index contributed by atoms with van der Waals surface area (Å²) in [6.07, 6.45) is -2.04. The van der Waals surface area contributed by atoms with Gasteiger partial charge in [0.15, 0.2) is 18.3 Å². The highest BCUT2D eigenvalue weighted by molar-refractivity contribution is 6.32. The molecule has 0 saturated carbocycles. The van der Waals surface area contributed by atoms with Crippen LogP contribution in [-0.2, 0) is 0 Å². The number of carbonyl (C=O) groups excluding carboxylic acids is 3. The number of benzene rings is 9. The molecule has 9 rings (SSSR count). The van der Waals surface area contributed by atoms with Crippen molar-refractivity contribution in [3.05, 3.63) is 305 Å². The second-order valence-corrected chi connectivity index (χ2v) is 15.9. The van der Waals surface area contributed by atoms with Gasteiger partial charge in [0.1, 0.15) is 17.2 Å². The molecule has 0 saturated heterocycles. The van der Waals surface area contributed by atoms with Crippen molar-refractivity contribution in [2.45, 2.75) is 25.2 Å². The molecule has 336 valence electrons. The van der Waals surface area contributed by atoms with E-state index in [2.05, 4.69) is 0 Å². The van der Waals surface area contributed by atoms with E-state index >= 15 is 0 Å². The molecular weight excluding hydrogens is 864 g/mol. The summed E-state index contributed by atoms with van der Waals surface area (Å²) in [5, 5.41) is 0.481. The van der Waals surface area contributed by atoms with Crippen LogP contribution < -0.4 is 14.2 Å². The topological polar surface area (TPSA) is 78.9 Å². The monoisotopic (exact) mass is 912 g/mol. The van der Waals surface area contributed by atoms with Crippen molar-refractivity contribution in [1.82, 2.24) is 0 Å². The van der Waals surface area contributed by atoms with Crippen molar-refractivity contribution >= 4 is 29.0 Å². The molecular formula is C61H49ClO6. The summed E-state index contributed by atoms with van der Waals surface area (Å²) in [5.74, 6) is 1.67. The van der Waals surface area contributed by atoms with Crippen molar-refractivity contribution in [2.24, 2.45) is 0 Å². The minimum Gasteiger partial charge on any atom is -0.478 e. The summed E-state index contributed by atoms with van der Waals surface area (Å²) in [7, 11) is 0. The van der Waals surface area contributed by atoms with Crippen LogP contribution in [0.4, 0.5) is 0 Å². The van der Waals surface area contributed by atoms with Crippen LogP contribution in [0.2, 0.25) is 5.02 Å². The van der Waals surface area contributed by atoms with Crippen LogP contribution in [-0.4, -0.2) is 17.3 Å². The largest absolute Gasteiger partial charge is 0.478 e. The van der Waals surface area contributed by atoms with Gasteiger partial charge in [-0.3, -0.25) is 14.4 Å². The molecule has 68 heavy (non-hydrogen) atoms. The molecule has 0 aliphatic heterocycles. The Hall–Kier alpha value is -8.32. The molecule has 0 fully saturated rings. The first-order valence-corrected chi connectivity index (χ1v) is 22.5. The molecule has 0 aliphatic rings. The number of ketones is 3. The Morgan fingerprint density at radius 3 is 0.956 bits per heavy atom. The van der Waals surface area contributed by atoms with Crippen LogP contribution in [0, 0.1) is 6.92 Å². The number of Topliss-reactive ketones (excluding diaryl/α,β-unsaturated/α-hetero) is 3. The molecule has 0 aliphatic carbocycles. The summed E-state index contributed by atoms with van der Waals surface area (Å²) in [6, 6.07) is 80.5. The first-order chi connectivity index (χ1) is 33.3. The standard InChI is InChI=1S/C21H18O2.C20H15ClO2.C20H16O2/c1-16-12-14-19(15-13-16)23-21(18-10-6-3-7-11-18)20(22)17-8-4-2-5-9-17;21-17-13-7-8-14-18(17)23-20(16-11-5-2-6-12-16)19(22)15-9-3-1-4-10-15;21-19(16-10-4-1-5-11-16)20(17-12-6-2-7-13-17)22-18-14-8-3-9-15-18/h2-15,21H,1H3;1-14,20H;1-15,20H. The van der Waals surface area contributed by atoms with Gasteiger partial charge in [-0.1, -0.05) is 242 Å². The normalized spacial score (nSPS) is 11.7. The van der Waals surface area contributed by atoms with Gasteiger partial charge in [-0.2, -0.15) is 0 Å². The van der Waals surface area contributed by atoms with Gasteiger partial charge in [0.2, 0.25) is 17.3 Å². The summed E-state index contributed by atoms with van der Waals surface area (Å²) < 4.78 is 18.0. The molecule has 7 heteroatoms. The van der Waals surface area contributed by atoms with Gasteiger partial charge in [0.25, 0.3) is 0 Å². The van der Waals surface area contributed by atoms with E-state index in [9.17, 15) is 14.4 Å². The maximum Gasteiger partial charge on any atom is 0.207 e. The number of halogens is 1. The number of rotatable bonds is 15. The zero-order valence-corrected chi connectivity index (χ0v) is 38.1. The SMILES string of the molecule is Cc1ccc(OC(C(=O)c2ccccc2)c2ccccc2)cc1.O=C(c1ccccc1)C(Oc1ccccc1)c1ccccc1.O=C(c1ccccc1)C(Oc1ccccc1Cl)c1ccccc1. The zero-order valence-electron chi connectivity index (χ0n) is 37.4. The van der Waals surface area contributed by atoms with Crippen molar-refractivity contribution in [2.75, 3.05) is 0 Å². The smallest absolute Gasteiger partial charge is 0.207 e. The third kappa shape index (κ3) is 13.6. The Labute approximate surface area is 403 Å². The summed E-state index contributed by atoms with van der Waals surface area (Å²) in [5.41, 5.74) is 5.54. The predicted molar refractivity (Wildman–Crippen MR) is 271 cm³/mol. The third-order valence-corrected chi connectivity index (χ3v) is 10.9. The average Bonchev–Trinajstić information content (AvgIpc) is 3.41. The van der Waals surface area contributed by atoms with Crippen LogP contribution in [0.3, 0.4) is 0 Å². The Balaban J connectivity index is 0.000000151. The van der Waals surface area contributed by atoms with Gasteiger partial charge in [-0.25, -0.2) is 0 Å². The van der Waals surface area contributed by atoms with Gasteiger partial charge < -0.3 is 14.2 Å². The molecule has 0 N–H and O–H groups in total. The number of hydrogen-bond donors (Lipinski definition) is 0. The lowest BCUT2D eigenvalue weighted by molar-refractivity contribution is 0.0787. The maximum atomic E-state index is 12.9. The fraction of sp³-hybridized carbons (Fsp3) is 0.0656. The minimum absolute atomic E-state index is 0.0441. The predicted octanol–water partition coefficient (Wildman–Crippen LogP) is 15.0. The lowest BCUT2D eigenvalue weighted by Crippen LogP contribution is -2.19. The van der Waals surface area contributed by atoms with Crippen LogP contribution in [0.25, 0.3) is 0 Å². The van der Waals surface area contributed by atoms with Gasteiger partial charge in [0.05, 0.1) is 5.02 Å².